The minimum Gasteiger partial charge on any atom is -0.383 e. The first-order valence-electron chi connectivity index (χ1n) is 6.62. The zero-order valence-corrected chi connectivity index (χ0v) is 13.2. The summed E-state index contributed by atoms with van der Waals surface area (Å²) in [5.74, 6) is 1.14. The topological polar surface area (TPSA) is 56.1 Å². The van der Waals surface area contributed by atoms with Gasteiger partial charge in [-0.3, -0.25) is 4.79 Å². The van der Waals surface area contributed by atoms with Gasteiger partial charge in [-0.15, -0.1) is 11.6 Å². The van der Waals surface area contributed by atoms with E-state index in [1.165, 1.54) is 0 Å². The molecule has 0 saturated heterocycles. The lowest BCUT2D eigenvalue weighted by Gasteiger charge is -2.09. The van der Waals surface area contributed by atoms with E-state index in [2.05, 4.69) is 10.3 Å². The standard InChI is InChI=1S/C14H17Cl2N3O2/c1-21-7-6-17-14(20)9-19-12-3-2-10(16)8-11(12)18-13(19)4-5-15/h2-3,8H,4-7,9H2,1H3,(H,17,20). The van der Waals surface area contributed by atoms with Gasteiger partial charge in [0.2, 0.25) is 5.91 Å². The molecule has 0 atom stereocenters. The number of aryl methyl sites for hydroxylation is 1. The summed E-state index contributed by atoms with van der Waals surface area (Å²) in [5.41, 5.74) is 1.65. The van der Waals surface area contributed by atoms with Crippen LogP contribution in [0.25, 0.3) is 11.0 Å². The Morgan fingerprint density at radius 3 is 3.00 bits per heavy atom. The highest BCUT2D eigenvalue weighted by Gasteiger charge is 2.13. The van der Waals surface area contributed by atoms with Crippen LogP contribution in [-0.2, 0) is 22.5 Å². The summed E-state index contributed by atoms with van der Waals surface area (Å²) < 4.78 is 6.78. The van der Waals surface area contributed by atoms with E-state index in [1.807, 2.05) is 10.6 Å². The normalized spacial score (nSPS) is 11.0. The lowest BCUT2D eigenvalue weighted by Crippen LogP contribution is -2.30. The van der Waals surface area contributed by atoms with Gasteiger partial charge in [-0.05, 0) is 18.2 Å². The van der Waals surface area contributed by atoms with Crippen molar-refractivity contribution in [2.75, 3.05) is 26.1 Å². The van der Waals surface area contributed by atoms with E-state index in [4.69, 9.17) is 27.9 Å². The third-order valence-corrected chi connectivity index (χ3v) is 3.46. The van der Waals surface area contributed by atoms with E-state index in [0.717, 1.165) is 16.9 Å². The fourth-order valence-corrected chi connectivity index (χ4v) is 2.43. The number of benzene rings is 1. The number of methoxy groups -OCH3 is 1. The number of nitrogens with one attached hydrogen (secondary N) is 1. The molecule has 0 aliphatic heterocycles. The lowest BCUT2D eigenvalue weighted by atomic mass is 10.3. The van der Waals surface area contributed by atoms with Crippen molar-refractivity contribution in [3.63, 3.8) is 0 Å². The molecule has 0 bridgehead atoms. The van der Waals surface area contributed by atoms with E-state index in [0.29, 0.717) is 30.5 Å². The van der Waals surface area contributed by atoms with Crippen LogP contribution in [-0.4, -0.2) is 41.6 Å². The molecule has 1 aromatic heterocycles. The number of rotatable bonds is 7. The lowest BCUT2D eigenvalue weighted by molar-refractivity contribution is -0.121. The predicted molar refractivity (Wildman–Crippen MR) is 84.1 cm³/mol. The van der Waals surface area contributed by atoms with Crippen LogP contribution < -0.4 is 5.32 Å². The Balaban J connectivity index is 2.23. The molecule has 0 fully saturated rings. The molecular weight excluding hydrogens is 313 g/mol. The van der Waals surface area contributed by atoms with Gasteiger partial charge in [0.05, 0.1) is 17.6 Å². The first kappa shape index (κ1) is 16.1. The average molecular weight is 330 g/mol. The van der Waals surface area contributed by atoms with Crippen LogP contribution in [0, 0.1) is 0 Å². The van der Waals surface area contributed by atoms with E-state index in [1.54, 1.807) is 19.2 Å². The second kappa shape index (κ2) is 7.64. The van der Waals surface area contributed by atoms with Gasteiger partial charge in [-0.1, -0.05) is 11.6 Å². The number of carbonyl (C=O) groups is 1. The van der Waals surface area contributed by atoms with Gasteiger partial charge < -0.3 is 14.6 Å². The molecule has 5 nitrogen and oxygen atoms in total. The molecule has 1 heterocycles. The summed E-state index contributed by atoms with van der Waals surface area (Å²) in [7, 11) is 1.60. The first-order valence-corrected chi connectivity index (χ1v) is 7.53. The molecule has 0 saturated carbocycles. The Hall–Kier alpha value is -1.30. The van der Waals surface area contributed by atoms with Gasteiger partial charge >= 0.3 is 0 Å². The van der Waals surface area contributed by atoms with Gasteiger partial charge in [-0.2, -0.15) is 0 Å². The van der Waals surface area contributed by atoms with Crippen molar-refractivity contribution in [2.45, 2.75) is 13.0 Å². The maximum Gasteiger partial charge on any atom is 0.240 e. The van der Waals surface area contributed by atoms with Crippen LogP contribution >= 0.6 is 23.2 Å². The molecule has 2 rings (SSSR count). The van der Waals surface area contributed by atoms with Gasteiger partial charge in [0.15, 0.2) is 0 Å². The number of carbonyl (C=O) groups excluding carboxylic acids is 1. The molecule has 1 aromatic carbocycles. The second-order valence-electron chi connectivity index (χ2n) is 4.53. The van der Waals surface area contributed by atoms with Crippen molar-refractivity contribution in [1.29, 1.82) is 0 Å². The third-order valence-electron chi connectivity index (χ3n) is 3.04. The van der Waals surface area contributed by atoms with Crippen LogP contribution in [0.1, 0.15) is 5.82 Å². The molecular formula is C14H17Cl2N3O2. The molecule has 0 spiro atoms. The van der Waals surface area contributed by atoms with Crippen molar-refractivity contribution < 1.29 is 9.53 Å². The number of aromatic nitrogens is 2. The number of ether oxygens (including phenoxy) is 1. The molecule has 1 amide bonds. The van der Waals surface area contributed by atoms with E-state index >= 15 is 0 Å². The molecule has 0 aliphatic carbocycles. The Kier molecular flexibility index (Phi) is 5.85. The molecule has 0 aliphatic rings. The monoisotopic (exact) mass is 329 g/mol. The van der Waals surface area contributed by atoms with E-state index in [-0.39, 0.29) is 12.5 Å². The molecule has 0 unspecified atom stereocenters. The summed E-state index contributed by atoms with van der Waals surface area (Å²) in [6.07, 6.45) is 0.596. The fraction of sp³-hybridized carbons (Fsp3) is 0.429. The summed E-state index contributed by atoms with van der Waals surface area (Å²) in [6.45, 7) is 1.17. The highest BCUT2D eigenvalue weighted by Crippen LogP contribution is 2.21. The van der Waals surface area contributed by atoms with Gasteiger partial charge in [0.1, 0.15) is 12.4 Å². The highest BCUT2D eigenvalue weighted by molar-refractivity contribution is 6.31. The Bertz CT molecular complexity index is 628. The van der Waals surface area contributed by atoms with Crippen molar-refractivity contribution in [2.24, 2.45) is 0 Å². The Morgan fingerprint density at radius 1 is 1.48 bits per heavy atom. The SMILES string of the molecule is COCCNC(=O)Cn1c(CCCl)nc2cc(Cl)ccc21. The van der Waals surface area contributed by atoms with Crippen LogP contribution in [0.15, 0.2) is 18.2 Å². The number of hydrogen-bond donors (Lipinski definition) is 1. The largest absolute Gasteiger partial charge is 0.383 e. The predicted octanol–water partition coefficient (Wildman–Crippen LogP) is 2.23. The zero-order chi connectivity index (χ0) is 15.2. The van der Waals surface area contributed by atoms with Crippen molar-refractivity contribution in [3.8, 4) is 0 Å². The molecule has 1 N–H and O–H groups in total. The highest BCUT2D eigenvalue weighted by atomic mass is 35.5. The maximum absolute atomic E-state index is 12.0. The molecule has 21 heavy (non-hydrogen) atoms. The molecule has 2 aromatic rings. The molecule has 0 radical (unpaired) electrons. The quantitative estimate of drug-likeness (QED) is 0.626. The number of amides is 1. The van der Waals surface area contributed by atoms with Crippen molar-refractivity contribution >= 4 is 40.1 Å². The maximum atomic E-state index is 12.0. The fourth-order valence-electron chi connectivity index (χ4n) is 2.10. The number of fused-ring (bicyclic) bond motifs is 1. The second-order valence-corrected chi connectivity index (χ2v) is 5.34. The minimum absolute atomic E-state index is 0.0860. The smallest absolute Gasteiger partial charge is 0.240 e. The zero-order valence-electron chi connectivity index (χ0n) is 11.7. The Morgan fingerprint density at radius 2 is 2.29 bits per heavy atom. The van der Waals surface area contributed by atoms with Crippen LogP contribution in [0.2, 0.25) is 5.02 Å². The van der Waals surface area contributed by atoms with Gasteiger partial charge in [-0.25, -0.2) is 4.98 Å². The molecule has 114 valence electrons. The van der Waals surface area contributed by atoms with Gasteiger partial charge in [0.25, 0.3) is 0 Å². The number of imidazole rings is 1. The number of nitrogens with zero attached hydrogens (tertiary/aromatic N) is 2. The van der Waals surface area contributed by atoms with E-state index in [9.17, 15) is 4.79 Å². The summed E-state index contributed by atoms with van der Waals surface area (Å²) in [4.78, 5) is 16.5. The van der Waals surface area contributed by atoms with Crippen molar-refractivity contribution in [1.82, 2.24) is 14.9 Å². The Labute approximate surface area is 133 Å². The summed E-state index contributed by atoms with van der Waals surface area (Å²) >= 11 is 11.8. The summed E-state index contributed by atoms with van der Waals surface area (Å²) in [5, 5.41) is 3.42. The number of halogens is 2. The van der Waals surface area contributed by atoms with E-state index < -0.39 is 0 Å². The third kappa shape index (κ3) is 4.09. The minimum atomic E-state index is -0.0860. The van der Waals surface area contributed by atoms with Crippen molar-refractivity contribution in [3.05, 3.63) is 29.0 Å². The van der Waals surface area contributed by atoms with Crippen LogP contribution in [0.3, 0.4) is 0 Å². The van der Waals surface area contributed by atoms with Crippen LogP contribution in [0.5, 0.6) is 0 Å². The summed E-state index contributed by atoms with van der Waals surface area (Å²) in [6, 6.07) is 5.44. The number of hydrogen-bond acceptors (Lipinski definition) is 3. The number of alkyl halides is 1. The van der Waals surface area contributed by atoms with Gasteiger partial charge in [0, 0.05) is 31.0 Å². The molecule has 7 heteroatoms. The first-order chi connectivity index (χ1) is 10.2. The average Bonchev–Trinajstić information content (AvgIpc) is 2.76. The van der Waals surface area contributed by atoms with Crippen LogP contribution in [0.4, 0.5) is 0 Å².